The predicted octanol–water partition coefficient (Wildman–Crippen LogP) is 2.72. The third kappa shape index (κ3) is 3.54. The smallest absolute Gasteiger partial charge is 0.249 e. The number of furan rings is 1. The van der Waals surface area contributed by atoms with E-state index in [0.717, 1.165) is 30.8 Å². The third-order valence-corrected chi connectivity index (χ3v) is 5.03. The lowest BCUT2D eigenvalue weighted by Gasteiger charge is -2.35. The van der Waals surface area contributed by atoms with Crippen LogP contribution in [0.4, 0.5) is 10.1 Å². The summed E-state index contributed by atoms with van der Waals surface area (Å²) in [4.78, 5) is 14.5. The topological polar surface area (TPSA) is 54.7 Å². The average molecular weight is 344 g/mol. The number of piperidine rings is 1. The summed E-state index contributed by atoms with van der Waals surface area (Å²) in [5.74, 6) is 0.774. The van der Waals surface area contributed by atoms with Gasteiger partial charge in [0.1, 0.15) is 17.7 Å². The normalized spacial score (nSPS) is 25.6. The van der Waals surface area contributed by atoms with E-state index in [-0.39, 0.29) is 17.8 Å². The molecule has 2 aromatic rings. The maximum atomic E-state index is 13.4. The van der Waals surface area contributed by atoms with Crippen LogP contribution in [0.5, 0.6) is 0 Å². The van der Waals surface area contributed by atoms with Crippen LogP contribution in [0.15, 0.2) is 47.1 Å². The molecule has 2 aliphatic rings. The van der Waals surface area contributed by atoms with E-state index in [1.54, 1.807) is 24.5 Å². The fourth-order valence-electron chi connectivity index (χ4n) is 3.71. The maximum Gasteiger partial charge on any atom is 0.249 e. The standard InChI is InChI=1S/C19H21FN2O3/c20-14-3-1-4-15(10-14)22-7-6-13-9-17(25-18(13)12-22)19(23)21-11-16-5-2-8-24-16/h1-5,8,10,13,17-18H,6-7,9,11-12H2,(H,21,23)/t13-,17+,18+/m0/s1. The van der Waals surface area contributed by atoms with Crippen molar-refractivity contribution >= 4 is 11.6 Å². The lowest BCUT2D eigenvalue weighted by molar-refractivity contribution is -0.132. The van der Waals surface area contributed by atoms with Gasteiger partial charge in [-0.05, 0) is 49.1 Å². The number of halogens is 1. The molecule has 1 aromatic carbocycles. The van der Waals surface area contributed by atoms with E-state index in [2.05, 4.69) is 10.2 Å². The van der Waals surface area contributed by atoms with Crippen molar-refractivity contribution in [1.29, 1.82) is 0 Å². The summed E-state index contributed by atoms with van der Waals surface area (Å²) in [6.07, 6.45) is 2.87. The molecular formula is C19H21FN2O3. The van der Waals surface area contributed by atoms with Crippen molar-refractivity contribution in [3.63, 3.8) is 0 Å². The number of ether oxygens (including phenoxy) is 1. The van der Waals surface area contributed by atoms with Gasteiger partial charge in [-0.2, -0.15) is 0 Å². The summed E-state index contributed by atoms with van der Waals surface area (Å²) in [7, 11) is 0. The molecule has 25 heavy (non-hydrogen) atoms. The highest BCUT2D eigenvalue weighted by atomic mass is 19.1. The van der Waals surface area contributed by atoms with E-state index >= 15 is 0 Å². The number of rotatable bonds is 4. The first-order valence-corrected chi connectivity index (χ1v) is 8.65. The minimum atomic E-state index is -0.419. The summed E-state index contributed by atoms with van der Waals surface area (Å²) in [6, 6.07) is 10.2. The second kappa shape index (κ2) is 6.88. The van der Waals surface area contributed by atoms with E-state index in [4.69, 9.17) is 9.15 Å². The quantitative estimate of drug-likeness (QED) is 0.927. The maximum absolute atomic E-state index is 13.4. The fourth-order valence-corrected chi connectivity index (χ4v) is 3.71. The first-order chi connectivity index (χ1) is 12.2. The molecule has 132 valence electrons. The first-order valence-electron chi connectivity index (χ1n) is 8.65. The van der Waals surface area contributed by atoms with Crippen LogP contribution in [-0.2, 0) is 16.1 Å². The van der Waals surface area contributed by atoms with Crippen molar-refractivity contribution in [2.24, 2.45) is 5.92 Å². The SMILES string of the molecule is O=C(NCc1ccco1)[C@H]1C[C@@H]2CCN(c3cccc(F)c3)C[C@H]2O1. The molecule has 3 heterocycles. The van der Waals surface area contributed by atoms with Gasteiger partial charge in [0.25, 0.3) is 0 Å². The zero-order valence-corrected chi connectivity index (χ0v) is 13.9. The van der Waals surface area contributed by atoms with Gasteiger partial charge in [0, 0.05) is 18.8 Å². The minimum Gasteiger partial charge on any atom is -0.467 e. The Morgan fingerprint density at radius 3 is 3.04 bits per heavy atom. The van der Waals surface area contributed by atoms with Crippen molar-refractivity contribution in [3.05, 3.63) is 54.2 Å². The molecule has 0 unspecified atom stereocenters. The Kier molecular flexibility index (Phi) is 4.44. The van der Waals surface area contributed by atoms with Crippen molar-refractivity contribution in [2.75, 3.05) is 18.0 Å². The summed E-state index contributed by atoms with van der Waals surface area (Å²) in [6.45, 7) is 1.92. The Balaban J connectivity index is 1.34. The average Bonchev–Trinajstić information content (AvgIpc) is 3.28. The Morgan fingerprint density at radius 2 is 2.24 bits per heavy atom. The van der Waals surface area contributed by atoms with Gasteiger partial charge in [-0.15, -0.1) is 0 Å². The largest absolute Gasteiger partial charge is 0.467 e. The van der Waals surface area contributed by atoms with Gasteiger partial charge in [0.05, 0.1) is 18.9 Å². The lowest BCUT2D eigenvalue weighted by atomic mass is 9.91. The molecule has 5 nitrogen and oxygen atoms in total. The molecule has 0 saturated carbocycles. The van der Waals surface area contributed by atoms with Gasteiger partial charge < -0.3 is 19.4 Å². The van der Waals surface area contributed by atoms with E-state index < -0.39 is 6.10 Å². The first kappa shape index (κ1) is 16.1. The summed E-state index contributed by atoms with van der Waals surface area (Å²) in [5, 5.41) is 2.87. The number of carbonyl (C=O) groups excluding carboxylic acids is 1. The van der Waals surface area contributed by atoms with E-state index in [9.17, 15) is 9.18 Å². The molecule has 1 N–H and O–H groups in total. The third-order valence-electron chi connectivity index (χ3n) is 5.03. The van der Waals surface area contributed by atoms with Gasteiger partial charge in [0.2, 0.25) is 5.91 Å². The molecule has 2 aliphatic heterocycles. The number of hydrogen-bond acceptors (Lipinski definition) is 4. The molecule has 4 rings (SSSR count). The highest BCUT2D eigenvalue weighted by molar-refractivity contribution is 5.81. The highest BCUT2D eigenvalue weighted by Crippen LogP contribution is 2.35. The Bertz CT molecular complexity index is 734. The van der Waals surface area contributed by atoms with Gasteiger partial charge >= 0.3 is 0 Å². The zero-order valence-electron chi connectivity index (χ0n) is 13.9. The number of nitrogens with zero attached hydrogens (tertiary/aromatic N) is 1. The number of fused-ring (bicyclic) bond motifs is 1. The van der Waals surface area contributed by atoms with Crippen molar-refractivity contribution < 1.29 is 18.3 Å². The van der Waals surface area contributed by atoms with Crippen LogP contribution in [0.2, 0.25) is 0 Å². The summed E-state index contributed by atoms with van der Waals surface area (Å²) >= 11 is 0. The van der Waals surface area contributed by atoms with Crippen LogP contribution >= 0.6 is 0 Å². The van der Waals surface area contributed by atoms with E-state index in [1.807, 2.05) is 12.1 Å². The zero-order chi connectivity index (χ0) is 17.2. The van der Waals surface area contributed by atoms with Gasteiger partial charge in [-0.1, -0.05) is 6.07 Å². The molecule has 0 radical (unpaired) electrons. The molecule has 0 spiro atoms. The van der Waals surface area contributed by atoms with Crippen LogP contribution in [0.3, 0.4) is 0 Å². The Hall–Kier alpha value is -2.34. The molecule has 0 bridgehead atoms. The molecule has 6 heteroatoms. The Labute approximate surface area is 145 Å². The second-order valence-corrected chi connectivity index (χ2v) is 6.67. The van der Waals surface area contributed by atoms with Crippen molar-refractivity contribution in [2.45, 2.75) is 31.6 Å². The number of nitrogens with one attached hydrogen (secondary N) is 1. The highest BCUT2D eigenvalue weighted by Gasteiger charge is 2.41. The molecule has 2 saturated heterocycles. The molecular weight excluding hydrogens is 323 g/mol. The summed E-state index contributed by atoms with van der Waals surface area (Å²) < 4.78 is 24.7. The van der Waals surface area contributed by atoms with E-state index in [0.29, 0.717) is 19.0 Å². The molecule has 2 fully saturated rings. The van der Waals surface area contributed by atoms with Crippen LogP contribution in [0.25, 0.3) is 0 Å². The predicted molar refractivity (Wildman–Crippen MR) is 90.6 cm³/mol. The number of amides is 1. The van der Waals surface area contributed by atoms with Gasteiger partial charge in [-0.3, -0.25) is 4.79 Å². The van der Waals surface area contributed by atoms with Crippen LogP contribution in [-0.4, -0.2) is 31.2 Å². The van der Waals surface area contributed by atoms with Gasteiger partial charge in [0.15, 0.2) is 0 Å². The fraction of sp³-hybridized carbons (Fsp3) is 0.421. The number of carbonyl (C=O) groups is 1. The van der Waals surface area contributed by atoms with Gasteiger partial charge in [-0.25, -0.2) is 4.39 Å². The van der Waals surface area contributed by atoms with Crippen LogP contribution < -0.4 is 10.2 Å². The number of benzene rings is 1. The molecule has 3 atom stereocenters. The Morgan fingerprint density at radius 1 is 1.32 bits per heavy atom. The second-order valence-electron chi connectivity index (χ2n) is 6.67. The molecule has 0 aliphatic carbocycles. The monoisotopic (exact) mass is 344 g/mol. The summed E-state index contributed by atoms with van der Waals surface area (Å²) in [5.41, 5.74) is 0.868. The van der Waals surface area contributed by atoms with Crippen molar-refractivity contribution in [1.82, 2.24) is 5.32 Å². The van der Waals surface area contributed by atoms with Crippen molar-refractivity contribution in [3.8, 4) is 0 Å². The molecule has 1 amide bonds. The number of hydrogen-bond donors (Lipinski definition) is 1. The molecule has 1 aromatic heterocycles. The van der Waals surface area contributed by atoms with Crippen LogP contribution in [0.1, 0.15) is 18.6 Å². The lowest BCUT2D eigenvalue weighted by Crippen LogP contribution is -2.42. The van der Waals surface area contributed by atoms with Crippen LogP contribution in [0, 0.1) is 11.7 Å². The van der Waals surface area contributed by atoms with E-state index in [1.165, 1.54) is 6.07 Å². The number of anilines is 1. The minimum absolute atomic E-state index is 0.0105.